The van der Waals surface area contributed by atoms with Crippen molar-refractivity contribution in [3.05, 3.63) is 29.8 Å². The lowest BCUT2D eigenvalue weighted by atomic mass is 10.2. The number of nitrogens with zero attached hydrogens (tertiary/aromatic N) is 1. The summed E-state index contributed by atoms with van der Waals surface area (Å²) < 4.78 is 0. The number of nitrogens with one attached hydrogen (secondary N) is 2. The van der Waals surface area contributed by atoms with Crippen LogP contribution in [-0.4, -0.2) is 34.1 Å². The second kappa shape index (κ2) is 8.04. The molecule has 0 aliphatic rings. The van der Waals surface area contributed by atoms with Crippen LogP contribution in [0, 0.1) is 0 Å². The maximum Gasteiger partial charge on any atom is 0.303 e. The Labute approximate surface area is 116 Å². The van der Waals surface area contributed by atoms with Crippen molar-refractivity contribution in [2.24, 2.45) is 5.10 Å². The van der Waals surface area contributed by atoms with Crippen LogP contribution in [0.2, 0.25) is 0 Å². The average molecular weight is 281 g/mol. The molecule has 0 fully saturated rings. The molecule has 0 radical (unpaired) electrons. The monoisotopic (exact) mass is 281 g/mol. The number of carbonyl (C=O) groups is 1. The van der Waals surface area contributed by atoms with E-state index in [0.29, 0.717) is 23.6 Å². The van der Waals surface area contributed by atoms with Crippen LogP contribution >= 0.6 is 12.2 Å². The third kappa shape index (κ3) is 6.37. The number of hydrogen-bond donors (Lipinski definition) is 4. The second-order valence-corrected chi connectivity index (χ2v) is 4.09. The van der Waals surface area contributed by atoms with Crippen molar-refractivity contribution in [1.29, 1.82) is 0 Å². The maximum absolute atomic E-state index is 10.3. The molecule has 19 heavy (non-hydrogen) atoms. The summed E-state index contributed by atoms with van der Waals surface area (Å²) >= 11 is 4.94. The Hall–Kier alpha value is -2.15. The zero-order valence-electron chi connectivity index (χ0n) is 10.2. The highest BCUT2D eigenvalue weighted by molar-refractivity contribution is 7.80. The normalized spacial score (nSPS) is 10.3. The number of para-hydroxylation sites is 1. The summed E-state index contributed by atoms with van der Waals surface area (Å²) in [6.07, 6.45) is 2.03. The molecule has 0 saturated heterocycles. The van der Waals surface area contributed by atoms with E-state index in [9.17, 15) is 9.90 Å². The molecule has 0 saturated carbocycles. The second-order valence-electron chi connectivity index (χ2n) is 3.68. The molecule has 0 aliphatic heterocycles. The van der Waals surface area contributed by atoms with E-state index in [4.69, 9.17) is 17.3 Å². The average Bonchev–Trinajstić information content (AvgIpc) is 2.37. The molecule has 1 rings (SSSR count). The Morgan fingerprint density at radius 1 is 1.42 bits per heavy atom. The molecule has 0 amide bonds. The number of aliphatic carboxylic acids is 1. The van der Waals surface area contributed by atoms with Crippen LogP contribution in [0.5, 0.6) is 5.75 Å². The molecule has 0 aliphatic carbocycles. The van der Waals surface area contributed by atoms with Gasteiger partial charge in [0.2, 0.25) is 0 Å². The van der Waals surface area contributed by atoms with Gasteiger partial charge < -0.3 is 15.5 Å². The van der Waals surface area contributed by atoms with E-state index in [1.54, 1.807) is 24.3 Å². The van der Waals surface area contributed by atoms with Gasteiger partial charge in [0, 0.05) is 18.5 Å². The SMILES string of the molecule is O=C(O)CCCNC(=S)N/N=C/c1ccccc1O. The number of rotatable bonds is 6. The largest absolute Gasteiger partial charge is 0.507 e. The molecule has 0 heterocycles. The lowest BCUT2D eigenvalue weighted by Crippen LogP contribution is -2.32. The Kier molecular flexibility index (Phi) is 6.31. The number of phenols is 1. The number of thiocarbonyl (C=S) groups is 1. The third-order valence-corrected chi connectivity index (χ3v) is 2.40. The van der Waals surface area contributed by atoms with Crippen LogP contribution in [0.3, 0.4) is 0 Å². The lowest BCUT2D eigenvalue weighted by molar-refractivity contribution is -0.137. The van der Waals surface area contributed by atoms with Crippen molar-refractivity contribution in [3.63, 3.8) is 0 Å². The minimum Gasteiger partial charge on any atom is -0.507 e. The number of hydrogen-bond acceptors (Lipinski definition) is 4. The summed E-state index contributed by atoms with van der Waals surface area (Å²) in [5.74, 6) is -0.702. The molecule has 1 aromatic rings. The first kappa shape index (κ1) is 14.9. The van der Waals surface area contributed by atoms with Gasteiger partial charge in [0.1, 0.15) is 5.75 Å². The number of hydrazone groups is 1. The van der Waals surface area contributed by atoms with Gasteiger partial charge in [-0.15, -0.1) is 0 Å². The predicted octanol–water partition coefficient (Wildman–Crippen LogP) is 1.05. The molecule has 0 bridgehead atoms. The van der Waals surface area contributed by atoms with E-state index in [0.717, 1.165) is 0 Å². The van der Waals surface area contributed by atoms with Gasteiger partial charge in [0.25, 0.3) is 0 Å². The van der Waals surface area contributed by atoms with E-state index in [1.165, 1.54) is 6.21 Å². The molecule has 102 valence electrons. The molecule has 6 nitrogen and oxygen atoms in total. The van der Waals surface area contributed by atoms with E-state index in [1.807, 2.05) is 0 Å². The Balaban J connectivity index is 2.27. The third-order valence-electron chi connectivity index (χ3n) is 2.16. The summed E-state index contributed by atoms with van der Waals surface area (Å²) in [6.45, 7) is 0.463. The first-order valence-electron chi connectivity index (χ1n) is 5.66. The highest BCUT2D eigenvalue weighted by Gasteiger charge is 1.98. The molecule has 0 atom stereocenters. The lowest BCUT2D eigenvalue weighted by Gasteiger charge is -2.05. The fourth-order valence-corrected chi connectivity index (χ4v) is 1.39. The van der Waals surface area contributed by atoms with Crippen molar-refractivity contribution in [3.8, 4) is 5.75 Å². The summed E-state index contributed by atoms with van der Waals surface area (Å²) in [4.78, 5) is 10.3. The van der Waals surface area contributed by atoms with Crippen molar-refractivity contribution in [1.82, 2.24) is 10.7 Å². The van der Waals surface area contributed by atoms with Gasteiger partial charge in [0.05, 0.1) is 6.21 Å². The van der Waals surface area contributed by atoms with Crippen LogP contribution in [0.1, 0.15) is 18.4 Å². The molecular weight excluding hydrogens is 266 g/mol. The van der Waals surface area contributed by atoms with Crippen LogP contribution in [0.15, 0.2) is 29.4 Å². The fourth-order valence-electron chi connectivity index (χ4n) is 1.24. The zero-order chi connectivity index (χ0) is 14.1. The highest BCUT2D eigenvalue weighted by Crippen LogP contribution is 2.12. The molecule has 0 aromatic heterocycles. The minimum absolute atomic E-state index is 0.0940. The van der Waals surface area contributed by atoms with Gasteiger partial charge in [-0.05, 0) is 30.8 Å². The summed E-state index contributed by atoms with van der Waals surface area (Å²) in [7, 11) is 0. The van der Waals surface area contributed by atoms with E-state index >= 15 is 0 Å². The zero-order valence-corrected chi connectivity index (χ0v) is 11.0. The van der Waals surface area contributed by atoms with Gasteiger partial charge in [0.15, 0.2) is 5.11 Å². The number of carboxylic acid groups (broad SMARTS) is 1. The van der Waals surface area contributed by atoms with E-state index < -0.39 is 5.97 Å². The van der Waals surface area contributed by atoms with Gasteiger partial charge in [-0.2, -0.15) is 5.10 Å². The highest BCUT2D eigenvalue weighted by atomic mass is 32.1. The quantitative estimate of drug-likeness (QED) is 0.269. The maximum atomic E-state index is 10.3. The molecule has 0 unspecified atom stereocenters. The van der Waals surface area contributed by atoms with E-state index in [-0.39, 0.29) is 12.2 Å². The van der Waals surface area contributed by atoms with Crippen molar-refractivity contribution >= 4 is 29.5 Å². The molecule has 0 spiro atoms. The smallest absolute Gasteiger partial charge is 0.303 e. The summed E-state index contributed by atoms with van der Waals surface area (Å²) in [6, 6.07) is 6.77. The van der Waals surface area contributed by atoms with Crippen LogP contribution in [-0.2, 0) is 4.79 Å². The van der Waals surface area contributed by atoms with Crippen LogP contribution in [0.25, 0.3) is 0 Å². The molecular formula is C12H15N3O3S. The topological polar surface area (TPSA) is 94.0 Å². The van der Waals surface area contributed by atoms with E-state index in [2.05, 4.69) is 15.8 Å². The Morgan fingerprint density at radius 2 is 2.16 bits per heavy atom. The van der Waals surface area contributed by atoms with Crippen molar-refractivity contribution in [2.45, 2.75) is 12.8 Å². The van der Waals surface area contributed by atoms with Gasteiger partial charge >= 0.3 is 5.97 Å². The van der Waals surface area contributed by atoms with Crippen molar-refractivity contribution < 1.29 is 15.0 Å². The first-order valence-corrected chi connectivity index (χ1v) is 6.07. The molecule has 7 heteroatoms. The fraction of sp³-hybridized carbons (Fsp3) is 0.250. The summed E-state index contributed by atoms with van der Waals surface area (Å²) in [5.41, 5.74) is 3.15. The number of benzene rings is 1. The number of phenolic OH excluding ortho intramolecular Hbond substituents is 1. The standard InChI is InChI=1S/C12H15N3O3S/c16-10-5-2-1-4-9(10)8-14-15-12(19)13-7-3-6-11(17)18/h1-2,4-5,8,16H,3,6-7H2,(H,17,18)(H2,13,15,19)/b14-8+. The molecule has 4 N–H and O–H groups in total. The van der Waals surface area contributed by atoms with Gasteiger partial charge in [-0.25, -0.2) is 0 Å². The molecule has 1 aromatic carbocycles. The minimum atomic E-state index is -0.835. The Morgan fingerprint density at radius 3 is 2.84 bits per heavy atom. The Bertz CT molecular complexity index is 477. The number of aromatic hydroxyl groups is 1. The first-order chi connectivity index (χ1) is 9.09. The van der Waals surface area contributed by atoms with Crippen LogP contribution in [0.4, 0.5) is 0 Å². The van der Waals surface area contributed by atoms with Gasteiger partial charge in [-0.1, -0.05) is 12.1 Å². The van der Waals surface area contributed by atoms with Crippen molar-refractivity contribution in [2.75, 3.05) is 6.54 Å². The van der Waals surface area contributed by atoms with Crippen LogP contribution < -0.4 is 10.7 Å². The number of carboxylic acids is 1. The van der Waals surface area contributed by atoms with Gasteiger partial charge in [-0.3, -0.25) is 10.2 Å². The predicted molar refractivity (Wildman–Crippen MR) is 76.3 cm³/mol. The summed E-state index contributed by atoms with van der Waals surface area (Å²) in [5, 5.41) is 24.9.